The molecule has 0 aliphatic carbocycles. The highest BCUT2D eigenvalue weighted by molar-refractivity contribution is 5.29. The van der Waals surface area contributed by atoms with E-state index in [0.29, 0.717) is 52.0 Å². The predicted octanol–water partition coefficient (Wildman–Crippen LogP) is -5.22. The molecule has 12 heterocycles. The van der Waals surface area contributed by atoms with Crippen LogP contribution in [-0.4, -0.2) is 170 Å². The van der Waals surface area contributed by atoms with Crippen molar-refractivity contribution in [2.24, 2.45) is 42.3 Å². The van der Waals surface area contributed by atoms with Crippen molar-refractivity contribution in [2.45, 2.75) is 26.4 Å². The molecule has 0 bridgehead atoms. The second kappa shape index (κ2) is 23.0. The zero-order valence-corrected chi connectivity index (χ0v) is 41.2. The Hall–Kier alpha value is -11.8. The summed E-state index contributed by atoms with van der Waals surface area (Å²) in [6.45, 7) is 0.251. The first-order valence-electron chi connectivity index (χ1n) is 23.7. The highest BCUT2D eigenvalue weighted by Gasteiger charge is 2.21. The lowest BCUT2D eigenvalue weighted by molar-refractivity contribution is 0.288. The number of imidazole rings is 2. The molecule has 78 heavy (non-hydrogen) atoms. The van der Waals surface area contributed by atoms with E-state index in [1.165, 1.54) is 76.1 Å². The number of aromatic nitrogens is 34. The van der Waals surface area contributed by atoms with E-state index in [1.54, 1.807) is 37.1 Å². The van der Waals surface area contributed by atoms with E-state index in [-0.39, 0.29) is 49.7 Å². The summed E-state index contributed by atoms with van der Waals surface area (Å²) in [6.07, 6.45) is 8.72. The van der Waals surface area contributed by atoms with Gasteiger partial charge in [-0.05, 0) is 41.7 Å². The van der Waals surface area contributed by atoms with Crippen LogP contribution in [0.2, 0.25) is 5.65 Å². The van der Waals surface area contributed by atoms with Crippen LogP contribution in [0.25, 0.3) is 23.3 Å². The smallest absolute Gasteiger partial charge is 0.369 e. The van der Waals surface area contributed by atoms with Crippen LogP contribution >= 0.6 is 0 Å². The predicted molar refractivity (Wildman–Crippen MR) is 251 cm³/mol. The molecule has 0 unspecified atom stereocenters. The minimum Gasteiger partial charge on any atom is -0.470 e. The minimum atomic E-state index is -0.449. The van der Waals surface area contributed by atoms with E-state index in [9.17, 15) is 19.2 Å². The molecule has 6 N–H and O–H groups in total. The lowest BCUT2D eigenvalue weighted by Gasteiger charge is -2.04. The molecule has 0 aromatic carbocycles. The van der Waals surface area contributed by atoms with Gasteiger partial charge in [-0.25, -0.2) is 33.8 Å². The van der Waals surface area contributed by atoms with Gasteiger partial charge in [-0.3, -0.25) is 20.4 Å². The van der Waals surface area contributed by atoms with Gasteiger partial charge in [0, 0.05) is 91.3 Å². The Kier molecular flexibility index (Phi) is 13.6. The van der Waals surface area contributed by atoms with Crippen LogP contribution in [0.4, 0.5) is 0 Å². The van der Waals surface area contributed by atoms with Gasteiger partial charge in [0.25, 0.3) is 0 Å². The number of ether oxygens (including phenoxy) is 4. The monoisotopic (exact) mass is 1090 g/mol. The van der Waals surface area contributed by atoms with Crippen LogP contribution in [0.1, 0.15) is 22.8 Å². The molecule has 0 atom stereocenters. The van der Waals surface area contributed by atoms with Crippen LogP contribution in [0.15, 0.2) is 80.9 Å². The summed E-state index contributed by atoms with van der Waals surface area (Å²) in [7, 11) is 9.35. The molecule has 0 saturated carbocycles. The average molecular weight is 1090 g/mol. The standard InChI is InChI=1S/C10H12N8O2.C9H11N9O2.C9H10N8O2.C8H9N9O2/c1-16-6-11-7(5-20-8-3-4-12-13-8)9(16)18-10(19)17(2)14-15-18;1-16-8(18-9(19)17(2)14-15-18)6(11-13-16)5-20-7-3-4-10-12-7;1-16-9(18)17(15-14-16)8-6(10-5-11-8)4-19-7-2-3-12-13-7;1-16-8(18)17(15-14-16)7-5(10-13-12-7)4-19-6-2-3-9-11-6/h3-4,6H,5H2,1-2H3,(H,12,13);3-4H,5H2,1-2H3,(H,10,12);2-3,5H,4H2,1H3,(H,10,11)(H,12,13);2-3H,4H2,1H3,(H,9,11)(H,10,12,13)/i/hT4. The van der Waals surface area contributed by atoms with Crippen molar-refractivity contribution < 1.29 is 24.6 Å². The lowest BCUT2D eigenvalue weighted by Crippen LogP contribution is -2.24. The van der Waals surface area contributed by atoms with Gasteiger partial charge in [0.15, 0.2) is 23.1 Å². The van der Waals surface area contributed by atoms with Gasteiger partial charge in [0.2, 0.25) is 29.3 Å². The highest BCUT2D eigenvalue weighted by Crippen LogP contribution is 2.15. The van der Waals surface area contributed by atoms with E-state index in [0.717, 1.165) is 57.8 Å². The second-order valence-corrected chi connectivity index (χ2v) is 15.2. The molecule has 12 aromatic heterocycles. The first kappa shape index (κ1) is 46.0. The number of nitrogens with zero attached hydrogens (tertiary/aromatic N) is 28. The van der Waals surface area contributed by atoms with Gasteiger partial charge in [-0.2, -0.15) is 29.0 Å². The summed E-state index contributed by atoms with van der Waals surface area (Å²) in [5.41, 5.74) is 0.176. The van der Waals surface area contributed by atoms with E-state index >= 15 is 0 Å². The van der Waals surface area contributed by atoms with E-state index < -0.39 is 17.1 Å². The van der Waals surface area contributed by atoms with Gasteiger partial charge in [0.1, 0.15) is 43.5 Å². The summed E-state index contributed by atoms with van der Waals surface area (Å²) in [4.78, 5) is 58.4. The molecule has 0 radical (unpaired) electrons. The number of aromatic amines is 6. The van der Waals surface area contributed by atoms with Gasteiger partial charge in [-0.1, -0.05) is 5.21 Å². The molecule has 0 aliphatic heterocycles. The summed E-state index contributed by atoms with van der Waals surface area (Å²) in [5, 5.41) is 65.9. The Morgan fingerprint density at radius 2 is 0.885 bits per heavy atom. The summed E-state index contributed by atoms with van der Waals surface area (Å²) in [6, 6.07) is 6.18. The van der Waals surface area contributed by atoms with Gasteiger partial charge >= 0.3 is 22.8 Å². The first-order valence-corrected chi connectivity index (χ1v) is 21.9. The largest absolute Gasteiger partial charge is 0.470 e. The van der Waals surface area contributed by atoms with Crippen LogP contribution in [-0.2, 0) is 68.7 Å². The first-order chi connectivity index (χ1) is 39.4. The molecular formula is C36H42N34O8. The topological polar surface area (TPSA) is 481 Å². The molecule has 12 aromatic rings. The zero-order valence-electron chi connectivity index (χ0n) is 45.2. The lowest BCUT2D eigenvalue weighted by atomic mass is 10.4. The maximum atomic E-state index is 11.9. The molecule has 12 rings (SSSR count). The van der Waals surface area contributed by atoms with Crippen molar-refractivity contribution in [1.29, 1.82) is 0 Å². The van der Waals surface area contributed by atoms with Gasteiger partial charge < -0.3 is 28.5 Å². The van der Waals surface area contributed by atoms with Crippen molar-refractivity contribution in [1.82, 2.24) is 170 Å². The number of tetrazole rings is 4. The van der Waals surface area contributed by atoms with E-state index in [1.807, 2.05) is 0 Å². The second-order valence-electron chi connectivity index (χ2n) is 15.2. The van der Waals surface area contributed by atoms with Crippen LogP contribution < -0.4 is 41.7 Å². The maximum Gasteiger partial charge on any atom is 0.369 e. The zero-order chi connectivity index (χ0) is 58.2. The van der Waals surface area contributed by atoms with Crippen molar-refractivity contribution in [3.05, 3.63) is 126 Å². The summed E-state index contributed by atoms with van der Waals surface area (Å²) in [5.74, 6) is 2.48. The average Bonchev–Trinajstić information content (AvgIpc) is 4.45. The third-order valence-corrected chi connectivity index (χ3v) is 10.0. The maximum absolute atomic E-state index is 11.9. The van der Waals surface area contributed by atoms with Gasteiger partial charge in [0.05, 0.1) is 18.3 Å². The quantitative estimate of drug-likeness (QED) is 0.0526. The number of nitrogens with one attached hydrogen (secondary N) is 6. The molecule has 0 saturated heterocycles. The molecular weight excluding hydrogens is 1040 g/mol. The molecule has 42 nitrogen and oxygen atoms in total. The number of rotatable bonds is 16. The number of H-pyrrole nitrogens is 6. The Morgan fingerprint density at radius 3 is 1.35 bits per heavy atom. The van der Waals surface area contributed by atoms with E-state index in [2.05, 4.69) is 103 Å². The molecule has 0 spiro atoms. The Labute approximate surface area is 435 Å². The van der Waals surface area contributed by atoms with E-state index in [4.69, 9.17) is 24.6 Å². The molecule has 404 valence electrons. The highest BCUT2D eigenvalue weighted by atomic mass is 16.5. The fourth-order valence-electron chi connectivity index (χ4n) is 6.26. The van der Waals surface area contributed by atoms with Crippen LogP contribution in [0.5, 0.6) is 23.5 Å². The van der Waals surface area contributed by atoms with Crippen molar-refractivity contribution in [2.75, 3.05) is 0 Å². The van der Waals surface area contributed by atoms with Gasteiger partial charge in [-0.15, -0.1) is 49.3 Å². The van der Waals surface area contributed by atoms with Crippen LogP contribution in [0.3, 0.4) is 0 Å². The normalized spacial score (nSPS) is 11.6. The van der Waals surface area contributed by atoms with Crippen molar-refractivity contribution >= 4 is 0 Å². The number of hydrogen-bond donors (Lipinski definition) is 6. The summed E-state index contributed by atoms with van der Waals surface area (Å²) >= 11 is 0. The Bertz CT molecular complexity index is 4040. The molecule has 0 amide bonds. The molecule has 0 fully saturated rings. The third kappa shape index (κ3) is 11.4. The minimum absolute atomic E-state index is 0.0197. The summed E-state index contributed by atoms with van der Waals surface area (Å²) < 4.78 is 62.2. The third-order valence-electron chi connectivity index (χ3n) is 10.0. The molecule has 0 aliphatic rings. The number of hydrogen-bond acceptors (Lipinski definition) is 26. The van der Waals surface area contributed by atoms with Crippen molar-refractivity contribution in [3.63, 3.8) is 0 Å². The molecule has 42 heteroatoms. The van der Waals surface area contributed by atoms with Crippen LogP contribution in [0, 0.1) is 0 Å². The SMILES string of the molecule is [3H]n1ccc(OCc2[nH]cnc2-n2nnn(C)c2=O)n1.[3H]n1ccc(OCc2n[nH]nc2-n2nnn(C)c2=O)n1.[3H]n1ccc(OCc2ncn(C)c2-n2nnn(C)c2=O)n1.[3H]n1ccc(OCc2nnn(C)c2-n2nnn(C)c2=O)n1. The fourth-order valence-corrected chi connectivity index (χ4v) is 6.26. The fraction of sp³-hybridized carbons (Fsp3) is 0.278. The van der Waals surface area contributed by atoms with Crippen molar-refractivity contribution in [3.8, 4) is 46.8 Å². The number of aryl methyl sites for hydroxylation is 6. The Morgan fingerprint density at radius 1 is 0.449 bits per heavy atom. The Balaban J connectivity index is 0.000000132.